The van der Waals surface area contributed by atoms with E-state index in [1.807, 2.05) is 18.2 Å². The third-order valence-electron chi connectivity index (χ3n) is 6.61. The number of nitrogens with zero attached hydrogens (tertiary/aromatic N) is 3. The lowest BCUT2D eigenvalue weighted by atomic mass is 9.85. The van der Waals surface area contributed by atoms with Crippen molar-refractivity contribution in [1.29, 1.82) is 0 Å². The van der Waals surface area contributed by atoms with E-state index < -0.39 is 0 Å². The zero-order valence-electron chi connectivity index (χ0n) is 15.2. The third-order valence-corrected chi connectivity index (χ3v) is 6.61. The average molecular weight is 365 g/mol. The van der Waals surface area contributed by atoms with Gasteiger partial charge in [-0.2, -0.15) is 0 Å². The first kappa shape index (κ1) is 16.5. The maximum Gasteiger partial charge on any atom is 0.242 e. The molecule has 3 fully saturated rings. The number of carbonyl (C=O) groups is 3. The topological polar surface area (TPSA) is 60.9 Å². The maximum atomic E-state index is 12.7. The molecule has 140 valence electrons. The third kappa shape index (κ3) is 2.58. The predicted molar refractivity (Wildman–Crippen MR) is 99.7 cm³/mol. The number of carbonyl (C=O) groups excluding carboxylic acids is 3. The van der Waals surface area contributed by atoms with Gasteiger partial charge in [-0.1, -0.05) is 30.4 Å². The van der Waals surface area contributed by atoms with Crippen LogP contribution in [0, 0.1) is 23.7 Å². The van der Waals surface area contributed by atoms with Crippen molar-refractivity contribution in [2.45, 2.75) is 6.42 Å². The van der Waals surface area contributed by atoms with E-state index in [4.69, 9.17) is 0 Å². The summed E-state index contributed by atoms with van der Waals surface area (Å²) in [5, 5.41) is 0. The number of anilines is 1. The number of likely N-dealkylation sites (tertiary alicyclic amines) is 1. The molecular weight excluding hydrogens is 342 g/mol. The Hall–Kier alpha value is -2.63. The lowest BCUT2D eigenvalue weighted by Gasteiger charge is -2.36. The number of piperazine rings is 1. The summed E-state index contributed by atoms with van der Waals surface area (Å²) in [4.78, 5) is 43.5. The Morgan fingerprint density at radius 3 is 2.07 bits per heavy atom. The number of imide groups is 1. The van der Waals surface area contributed by atoms with Gasteiger partial charge in [-0.25, -0.2) is 0 Å². The molecule has 1 aromatic rings. The SMILES string of the molecule is O=C(CN1C(=O)[C@@H]2[C@@H](C1=O)[C@H]1C=C[C@@H]2C1)N1CCN(c2ccccc2)CC1. The van der Waals surface area contributed by atoms with Crippen LogP contribution in [0.15, 0.2) is 42.5 Å². The van der Waals surface area contributed by atoms with Crippen LogP contribution in [0.2, 0.25) is 0 Å². The van der Waals surface area contributed by atoms with Crippen molar-refractivity contribution in [2.75, 3.05) is 37.6 Å². The molecule has 27 heavy (non-hydrogen) atoms. The Kier molecular flexibility index (Phi) is 3.81. The Bertz CT molecular complexity index is 783. The lowest BCUT2D eigenvalue weighted by Crippen LogP contribution is -2.52. The van der Waals surface area contributed by atoms with E-state index in [2.05, 4.69) is 29.2 Å². The Labute approximate surface area is 158 Å². The summed E-state index contributed by atoms with van der Waals surface area (Å²) < 4.78 is 0. The molecule has 2 aliphatic heterocycles. The number of benzene rings is 1. The minimum atomic E-state index is -0.227. The van der Waals surface area contributed by atoms with Crippen LogP contribution in [0.3, 0.4) is 0 Å². The number of allylic oxidation sites excluding steroid dienone is 2. The first-order valence-corrected chi connectivity index (χ1v) is 9.75. The van der Waals surface area contributed by atoms with E-state index in [0.717, 1.165) is 25.2 Å². The molecule has 6 heteroatoms. The standard InChI is InChI=1S/C21H23N3O3/c25-17(23-10-8-22(9-11-23)16-4-2-1-3-5-16)13-24-20(26)18-14-6-7-15(12-14)19(18)21(24)27/h1-7,14-15,18-19H,8-13H2/t14-,15+,18-,19-/m0/s1. The molecule has 2 aliphatic carbocycles. The minimum Gasteiger partial charge on any atom is -0.368 e. The Morgan fingerprint density at radius 1 is 0.889 bits per heavy atom. The van der Waals surface area contributed by atoms with Gasteiger partial charge < -0.3 is 9.80 Å². The van der Waals surface area contributed by atoms with Crippen LogP contribution in [-0.2, 0) is 14.4 Å². The fourth-order valence-corrected chi connectivity index (χ4v) is 5.21. The second-order valence-electron chi connectivity index (χ2n) is 7.97. The van der Waals surface area contributed by atoms with E-state index in [-0.39, 0.29) is 47.9 Å². The number of amides is 3. The number of para-hydroxylation sites is 1. The number of hydrogen-bond acceptors (Lipinski definition) is 4. The second-order valence-corrected chi connectivity index (χ2v) is 7.97. The first-order chi connectivity index (χ1) is 13.1. The second kappa shape index (κ2) is 6.22. The summed E-state index contributed by atoms with van der Waals surface area (Å²) in [5.74, 6) is -0.483. The molecule has 4 atom stereocenters. The molecule has 0 unspecified atom stereocenters. The monoisotopic (exact) mass is 365 g/mol. The van der Waals surface area contributed by atoms with Gasteiger partial charge in [0.15, 0.2) is 0 Å². The lowest BCUT2D eigenvalue weighted by molar-refractivity contribution is -0.147. The smallest absolute Gasteiger partial charge is 0.242 e. The molecule has 0 aromatic heterocycles. The van der Waals surface area contributed by atoms with Crippen molar-refractivity contribution in [1.82, 2.24) is 9.80 Å². The van der Waals surface area contributed by atoms with Crippen LogP contribution >= 0.6 is 0 Å². The molecule has 1 saturated carbocycles. The van der Waals surface area contributed by atoms with Crippen LogP contribution in [0.1, 0.15) is 6.42 Å². The summed E-state index contributed by atoms with van der Waals surface area (Å²) >= 11 is 0. The normalized spacial score (nSPS) is 31.8. The fraction of sp³-hybridized carbons (Fsp3) is 0.476. The predicted octanol–water partition coefficient (Wildman–Crippen LogP) is 1.14. The van der Waals surface area contributed by atoms with Crippen LogP contribution in [0.25, 0.3) is 0 Å². The molecule has 1 aromatic carbocycles. The van der Waals surface area contributed by atoms with E-state index in [0.29, 0.717) is 13.1 Å². The highest BCUT2D eigenvalue weighted by Crippen LogP contribution is 2.52. The van der Waals surface area contributed by atoms with Gasteiger partial charge in [0.05, 0.1) is 11.8 Å². The van der Waals surface area contributed by atoms with Gasteiger partial charge in [-0.15, -0.1) is 0 Å². The van der Waals surface area contributed by atoms with Gasteiger partial charge in [-0.3, -0.25) is 19.3 Å². The van der Waals surface area contributed by atoms with Crippen molar-refractivity contribution in [2.24, 2.45) is 23.7 Å². The summed E-state index contributed by atoms with van der Waals surface area (Å²) in [6, 6.07) is 10.2. The molecular formula is C21H23N3O3. The van der Waals surface area contributed by atoms with Crippen molar-refractivity contribution in [3.63, 3.8) is 0 Å². The van der Waals surface area contributed by atoms with Crippen molar-refractivity contribution >= 4 is 23.4 Å². The highest BCUT2D eigenvalue weighted by Gasteiger charge is 2.59. The van der Waals surface area contributed by atoms with E-state index in [1.54, 1.807) is 4.90 Å². The van der Waals surface area contributed by atoms with Crippen LogP contribution < -0.4 is 4.90 Å². The molecule has 5 rings (SSSR count). The highest BCUT2D eigenvalue weighted by atomic mass is 16.2. The molecule has 4 aliphatic rings. The molecule has 6 nitrogen and oxygen atoms in total. The zero-order chi connectivity index (χ0) is 18.5. The van der Waals surface area contributed by atoms with Crippen LogP contribution in [0.4, 0.5) is 5.69 Å². The van der Waals surface area contributed by atoms with Gasteiger partial charge in [0, 0.05) is 31.9 Å². The number of fused-ring (bicyclic) bond motifs is 5. The first-order valence-electron chi connectivity index (χ1n) is 9.75. The molecule has 0 N–H and O–H groups in total. The summed E-state index contributed by atoms with van der Waals surface area (Å²) in [5.41, 5.74) is 1.16. The summed E-state index contributed by atoms with van der Waals surface area (Å²) in [7, 11) is 0. The average Bonchev–Trinajstić information content (AvgIpc) is 3.39. The van der Waals surface area contributed by atoms with E-state index in [1.165, 1.54) is 4.90 Å². The molecule has 0 radical (unpaired) electrons. The molecule has 0 spiro atoms. The Balaban J connectivity index is 1.21. The van der Waals surface area contributed by atoms with Gasteiger partial charge in [0.25, 0.3) is 0 Å². The molecule has 2 heterocycles. The number of hydrogen-bond donors (Lipinski definition) is 0. The Morgan fingerprint density at radius 2 is 1.48 bits per heavy atom. The fourth-order valence-electron chi connectivity index (χ4n) is 5.21. The molecule has 2 saturated heterocycles. The zero-order valence-corrected chi connectivity index (χ0v) is 15.2. The van der Waals surface area contributed by atoms with Crippen LogP contribution in [0.5, 0.6) is 0 Å². The maximum absolute atomic E-state index is 12.7. The quantitative estimate of drug-likeness (QED) is 0.595. The minimum absolute atomic E-state index is 0.102. The van der Waals surface area contributed by atoms with Gasteiger partial charge in [0.2, 0.25) is 17.7 Å². The van der Waals surface area contributed by atoms with E-state index in [9.17, 15) is 14.4 Å². The van der Waals surface area contributed by atoms with Crippen LogP contribution in [-0.4, -0.2) is 60.2 Å². The van der Waals surface area contributed by atoms with E-state index >= 15 is 0 Å². The summed E-state index contributed by atoms with van der Waals surface area (Å²) in [6.45, 7) is 2.65. The van der Waals surface area contributed by atoms with Crippen molar-refractivity contribution < 1.29 is 14.4 Å². The summed E-state index contributed by atoms with van der Waals surface area (Å²) in [6.07, 6.45) is 5.06. The van der Waals surface area contributed by atoms with Crippen molar-refractivity contribution in [3.8, 4) is 0 Å². The number of rotatable bonds is 3. The van der Waals surface area contributed by atoms with Gasteiger partial charge in [0.1, 0.15) is 6.54 Å². The van der Waals surface area contributed by atoms with Gasteiger partial charge in [-0.05, 0) is 30.4 Å². The largest absolute Gasteiger partial charge is 0.368 e. The highest BCUT2D eigenvalue weighted by molar-refractivity contribution is 6.08. The van der Waals surface area contributed by atoms with Crippen molar-refractivity contribution in [3.05, 3.63) is 42.5 Å². The van der Waals surface area contributed by atoms with Gasteiger partial charge >= 0.3 is 0 Å². The molecule has 3 amide bonds. The molecule has 2 bridgehead atoms.